The van der Waals surface area contributed by atoms with Crippen molar-refractivity contribution in [1.82, 2.24) is 0 Å². The molecule has 0 N–H and O–H groups in total. The van der Waals surface area contributed by atoms with Crippen molar-refractivity contribution in [1.29, 1.82) is 0 Å². The molecule has 0 bridgehead atoms. The molecule has 2 fully saturated rings. The summed E-state index contributed by atoms with van der Waals surface area (Å²) in [4.78, 5) is 0. The van der Waals surface area contributed by atoms with Gasteiger partial charge in [0.25, 0.3) is 0 Å². The van der Waals surface area contributed by atoms with E-state index in [-0.39, 0.29) is 31.0 Å². The predicted octanol–water partition coefficient (Wildman–Crippen LogP) is 1.23. The molecule has 0 spiro atoms. The van der Waals surface area contributed by atoms with Gasteiger partial charge in [-0.2, -0.15) is 0 Å². The zero-order valence-electron chi connectivity index (χ0n) is 18.0. The van der Waals surface area contributed by atoms with E-state index in [1.54, 1.807) is 12.0 Å². The van der Waals surface area contributed by atoms with Gasteiger partial charge in [-0.3, -0.25) is 0 Å². The second kappa shape index (κ2) is 10.7. The Hall–Kier alpha value is 0.471. The summed E-state index contributed by atoms with van der Waals surface area (Å²) in [6.07, 6.45) is 22.4. The van der Waals surface area contributed by atoms with Gasteiger partial charge in [0.2, 0.25) is 0 Å². The summed E-state index contributed by atoms with van der Waals surface area (Å²) in [6.45, 7) is 10.1. The van der Waals surface area contributed by atoms with E-state index in [4.69, 9.17) is 0 Å². The molecule has 2 saturated carbocycles. The Morgan fingerprint density at radius 3 is 2.18 bits per heavy atom. The van der Waals surface area contributed by atoms with Gasteiger partial charge in [0.1, 0.15) is 0 Å². The maximum absolute atomic E-state index is 2.68. The summed E-state index contributed by atoms with van der Waals surface area (Å²) in [7, 11) is 0. The van der Waals surface area contributed by atoms with Crippen LogP contribution >= 0.6 is 0 Å². The van der Waals surface area contributed by atoms with Crippen molar-refractivity contribution in [3.8, 4) is 0 Å². The van der Waals surface area contributed by atoms with Crippen LogP contribution in [0.2, 0.25) is 17.3 Å². The van der Waals surface area contributed by atoms with Crippen LogP contribution in [0.4, 0.5) is 0 Å². The topological polar surface area (TPSA) is 0 Å². The Labute approximate surface area is 191 Å². The molecule has 0 amide bonds. The second-order valence-electron chi connectivity index (χ2n) is 9.07. The molecule has 5 unspecified atom stereocenters. The molecule has 0 radical (unpaired) electrons. The van der Waals surface area contributed by atoms with Gasteiger partial charge in [-0.1, -0.05) is 0 Å². The molecule has 0 aromatic heterocycles. The summed E-state index contributed by atoms with van der Waals surface area (Å²) in [5.41, 5.74) is 3.55. The largest absolute Gasteiger partial charge is 1.00 e. The number of hydrogen-bond donors (Lipinski definition) is 0. The molecule has 154 valence electrons. The molecule has 0 aliphatic heterocycles. The van der Waals surface area contributed by atoms with Gasteiger partial charge in [-0.05, 0) is 0 Å². The standard InChI is InChI=1S/C13H17.C9H13.C2H6Si.2ClH.Ti/c1-3-7-12-10(5-1)9-11-6-2-4-8-13(11)12;1-3-8-6-5-7-9(8)4-2;1-3-2;;;/h1,3,5,7,9-13H,2,4,6,8H2;6H,3-5H2,1-2H3;1-2H3;2*1H;/q;;;;;+2/p-2. The van der Waals surface area contributed by atoms with Gasteiger partial charge < -0.3 is 24.8 Å². The molecule has 4 aliphatic rings. The van der Waals surface area contributed by atoms with Crippen LogP contribution in [0.5, 0.6) is 0 Å². The summed E-state index contributed by atoms with van der Waals surface area (Å²) in [6, 6.07) is 0. The van der Waals surface area contributed by atoms with Crippen LogP contribution in [0, 0.1) is 23.7 Å². The number of fused-ring (bicyclic) bond motifs is 3. The predicted molar refractivity (Wildman–Crippen MR) is 112 cm³/mol. The average molecular weight is 471 g/mol. The van der Waals surface area contributed by atoms with E-state index in [1.807, 2.05) is 9.45 Å². The summed E-state index contributed by atoms with van der Waals surface area (Å²) < 4.78 is 3.12. The Kier molecular flexibility index (Phi) is 9.43. The Balaban J connectivity index is 0.00000140. The molecule has 28 heavy (non-hydrogen) atoms. The van der Waals surface area contributed by atoms with Crippen molar-refractivity contribution in [3.05, 3.63) is 45.4 Å². The van der Waals surface area contributed by atoms with E-state index in [0.717, 1.165) is 27.9 Å². The normalized spacial score (nSPS) is 32.5. The summed E-state index contributed by atoms with van der Waals surface area (Å²) >= 11 is -1.24. The fourth-order valence-electron chi connectivity index (χ4n) is 6.81. The number of halogens is 2. The van der Waals surface area contributed by atoms with Crippen LogP contribution < -0.4 is 24.8 Å². The number of allylic oxidation sites excluding steroid dienone is 8. The van der Waals surface area contributed by atoms with E-state index in [1.165, 1.54) is 38.5 Å². The zero-order chi connectivity index (χ0) is 18.3. The van der Waals surface area contributed by atoms with Crippen molar-refractivity contribution >= 4 is 6.19 Å². The van der Waals surface area contributed by atoms with E-state index in [9.17, 15) is 0 Å². The van der Waals surface area contributed by atoms with Crippen LogP contribution in [-0.2, 0) is 16.6 Å². The van der Waals surface area contributed by atoms with Gasteiger partial charge >= 0.3 is 168 Å². The van der Waals surface area contributed by atoms with Gasteiger partial charge in [0.15, 0.2) is 0 Å². The third-order valence-corrected chi connectivity index (χ3v) is 20.6. The van der Waals surface area contributed by atoms with Crippen molar-refractivity contribution in [3.63, 3.8) is 0 Å². The van der Waals surface area contributed by atoms with Crippen molar-refractivity contribution in [2.75, 3.05) is 0 Å². The number of hydrogen-bond acceptors (Lipinski definition) is 0. The van der Waals surface area contributed by atoms with Crippen LogP contribution in [0.3, 0.4) is 0 Å². The fraction of sp³-hybridized carbons (Fsp3) is 0.667. The van der Waals surface area contributed by atoms with Crippen LogP contribution in [0.15, 0.2) is 45.4 Å². The average Bonchev–Trinajstić information content (AvgIpc) is 3.22. The van der Waals surface area contributed by atoms with Gasteiger partial charge in [-0.25, -0.2) is 0 Å². The molecule has 0 heterocycles. The van der Waals surface area contributed by atoms with E-state index >= 15 is 0 Å². The Morgan fingerprint density at radius 1 is 0.929 bits per heavy atom. The van der Waals surface area contributed by atoms with Gasteiger partial charge in [0, 0.05) is 0 Å². The Bertz CT molecular complexity index is 727. The molecular formula is C24H36Cl2SiTi. The van der Waals surface area contributed by atoms with E-state index < -0.39 is 16.6 Å². The second-order valence-corrected chi connectivity index (χ2v) is 21.3. The van der Waals surface area contributed by atoms with Crippen LogP contribution in [-0.4, -0.2) is 6.19 Å². The minimum absolute atomic E-state index is 0. The SMILES string of the molecule is CCC1=CC[C]([Ti+2]([CH]2C3C=CC=CC3C3CCCCC32)=[Si](C)C)=C1CC.[Cl-].[Cl-]. The molecule has 0 saturated heterocycles. The monoisotopic (exact) mass is 470 g/mol. The third-order valence-electron chi connectivity index (χ3n) is 7.70. The summed E-state index contributed by atoms with van der Waals surface area (Å²) in [5.74, 6) is 3.83. The summed E-state index contributed by atoms with van der Waals surface area (Å²) in [5, 5.41) is 0. The molecule has 5 atom stereocenters. The first-order chi connectivity index (χ1) is 12.7. The van der Waals surface area contributed by atoms with Crippen LogP contribution in [0.25, 0.3) is 0 Å². The molecule has 0 aromatic carbocycles. The number of rotatable bonds is 4. The molecular weight excluding hydrogens is 435 g/mol. The van der Waals surface area contributed by atoms with Gasteiger partial charge in [0.05, 0.1) is 0 Å². The van der Waals surface area contributed by atoms with E-state index in [2.05, 4.69) is 57.3 Å². The first-order valence-electron chi connectivity index (χ1n) is 11.1. The minimum Gasteiger partial charge on any atom is -1.00 e. The van der Waals surface area contributed by atoms with Crippen molar-refractivity contribution < 1.29 is 41.4 Å². The minimum atomic E-state index is -1.24. The Morgan fingerprint density at radius 2 is 1.57 bits per heavy atom. The molecule has 0 aromatic rings. The fourth-order valence-corrected chi connectivity index (χ4v) is 21.3. The van der Waals surface area contributed by atoms with E-state index in [0.29, 0.717) is 0 Å². The third kappa shape index (κ3) is 4.26. The zero-order valence-corrected chi connectivity index (χ0v) is 22.1. The first-order valence-corrected chi connectivity index (χ1v) is 17.6. The molecule has 4 rings (SSSR count). The first kappa shape index (κ1) is 24.7. The van der Waals surface area contributed by atoms with Crippen molar-refractivity contribution in [2.45, 2.75) is 76.1 Å². The maximum atomic E-state index is 2.68. The smallest absolute Gasteiger partial charge is 1.00 e. The molecule has 4 heteroatoms. The maximum Gasteiger partial charge on any atom is -1.00 e. The molecule has 0 nitrogen and oxygen atoms in total. The van der Waals surface area contributed by atoms with Gasteiger partial charge in [-0.15, -0.1) is 0 Å². The van der Waals surface area contributed by atoms with Crippen LogP contribution in [0.1, 0.15) is 58.8 Å². The molecule has 4 aliphatic carbocycles. The quantitative estimate of drug-likeness (QED) is 0.542. The van der Waals surface area contributed by atoms with Crippen molar-refractivity contribution in [2.24, 2.45) is 23.7 Å².